The van der Waals surface area contributed by atoms with Crippen LogP contribution in [-0.2, 0) is 0 Å². The fourth-order valence-electron chi connectivity index (χ4n) is 0.575. The van der Waals surface area contributed by atoms with Crippen molar-refractivity contribution in [1.29, 1.82) is 0 Å². The second kappa shape index (κ2) is 1.99. The van der Waals surface area contributed by atoms with Crippen molar-refractivity contribution in [3.63, 3.8) is 0 Å². The molecule has 0 spiro atoms. The average Bonchev–Trinajstić information content (AvgIpc) is 2.12. The van der Waals surface area contributed by atoms with Gasteiger partial charge in [0.15, 0.2) is 0 Å². The minimum atomic E-state index is 0.539. The maximum absolute atomic E-state index is 3.91. The maximum Gasteiger partial charge on any atom is 0.0948 e. The van der Waals surface area contributed by atoms with Crippen LogP contribution in [0.15, 0.2) is 18.7 Å². The van der Waals surface area contributed by atoms with Crippen molar-refractivity contribution in [2.24, 2.45) is 0 Å². The number of hydrogen-bond acceptors (Lipinski definition) is 1. The van der Waals surface area contributed by atoms with Crippen LogP contribution in [0.5, 0.6) is 0 Å². The topological polar surface area (TPSA) is 17.8 Å². The minimum Gasteiger partial charge on any atom is -0.335 e. The molecule has 0 fully saturated rings. The molecule has 8 heavy (non-hydrogen) atoms. The Balaban J connectivity index is 2.77. The van der Waals surface area contributed by atoms with Crippen LogP contribution in [0.4, 0.5) is 0 Å². The van der Waals surface area contributed by atoms with Gasteiger partial charge in [-0.1, -0.05) is 0 Å². The monoisotopic (exact) mass is 118 g/mol. The second-order valence-electron chi connectivity index (χ2n) is 2.10. The van der Waals surface area contributed by atoms with Crippen molar-refractivity contribution in [1.82, 2.24) is 9.55 Å². The highest BCUT2D eigenvalue weighted by atomic mass is 18.4. The molecule has 0 N–H and O–H groups in total. The summed E-state index contributed by atoms with van der Waals surface area (Å²) in [5.41, 5.74) is 0. The summed E-state index contributed by atoms with van der Waals surface area (Å²) in [6, 6.07) is 0.539. The molecule has 1 rings (SSSR count). The lowest BCUT2D eigenvalue weighted by molar-refractivity contribution is 0.600. The number of imidazole rings is 1. The Bertz CT molecular complexity index is 142. The van der Waals surface area contributed by atoms with Gasteiger partial charge in [0, 0.05) is 18.4 Å². The van der Waals surface area contributed by atoms with Crippen LogP contribution >= 0.6 is 0 Å². The van der Waals surface area contributed by atoms with Gasteiger partial charge >= 0.3 is 0 Å². The van der Waals surface area contributed by atoms with Gasteiger partial charge in [0.1, 0.15) is 0 Å². The summed E-state index contributed by atoms with van der Waals surface area (Å²) >= 11 is 0. The first-order valence-corrected chi connectivity index (χ1v) is 2.78. The largest absolute Gasteiger partial charge is 0.335 e. The molecule has 2 nitrogen and oxygen atoms in total. The first-order chi connectivity index (χ1) is 3.80. The molecule has 0 aliphatic heterocycles. The van der Waals surface area contributed by atoms with E-state index in [9.17, 15) is 0 Å². The van der Waals surface area contributed by atoms with Crippen molar-refractivity contribution in [2.45, 2.75) is 19.9 Å². The molecule has 2 heteroatoms. The van der Waals surface area contributed by atoms with Gasteiger partial charge in [-0.15, -0.1) is 0 Å². The van der Waals surface area contributed by atoms with Crippen LogP contribution in [0.3, 0.4) is 0 Å². The van der Waals surface area contributed by atoms with E-state index in [1.54, 1.807) is 6.20 Å². The Kier molecular flexibility index (Phi) is 1.33. The normalized spacial score (nSPS) is 10.4. The summed E-state index contributed by atoms with van der Waals surface area (Å²) in [6.07, 6.45) is 5.58. The lowest BCUT2D eigenvalue weighted by atomic mass is 10.5. The third kappa shape index (κ3) is 0.886. The molecule has 0 aliphatic carbocycles. The molecule has 1 aromatic heterocycles. The van der Waals surface area contributed by atoms with Gasteiger partial charge in [0.05, 0.1) is 6.33 Å². The van der Waals surface area contributed by atoms with E-state index >= 15 is 0 Å². The van der Waals surface area contributed by atoms with Gasteiger partial charge in [-0.25, -0.2) is 4.98 Å². The highest BCUT2D eigenvalue weighted by Gasteiger charge is 1.90. The summed E-state index contributed by atoms with van der Waals surface area (Å²) in [6.45, 7) is 4.25. The van der Waals surface area contributed by atoms with E-state index < -0.39 is 0 Å². The van der Waals surface area contributed by atoms with Crippen molar-refractivity contribution < 1.29 is 0 Å². The quantitative estimate of drug-likeness (QED) is 0.546. The van der Waals surface area contributed by atoms with Crippen molar-refractivity contribution >= 4 is 0 Å². The zero-order chi connectivity index (χ0) is 5.98. The smallest absolute Gasteiger partial charge is 0.0948 e. The highest BCUT2D eigenvalue weighted by molar-refractivity contribution is 4.76. The van der Waals surface area contributed by atoms with Gasteiger partial charge in [0.25, 0.3) is 0 Å². The van der Waals surface area contributed by atoms with E-state index in [1.807, 2.05) is 12.5 Å². The molecule has 0 atom stereocenters. The van der Waals surface area contributed by atoms with Gasteiger partial charge < -0.3 is 4.57 Å². The molecule has 0 saturated heterocycles. The average molecular weight is 118 g/mol. The maximum atomic E-state index is 3.91. The Labute approximate surface area is 49.2 Å². The van der Waals surface area contributed by atoms with Crippen LogP contribution < -0.4 is 0 Å². The van der Waals surface area contributed by atoms with Crippen LogP contribution in [-0.4, -0.2) is 9.55 Å². The lowest BCUT2D eigenvalue weighted by Gasteiger charge is -2.02. The molecular weight excluding hydrogens is 108 g/mol. The predicted octanol–water partition coefficient (Wildman–Crippen LogP) is 1.46. The Morgan fingerprint density at radius 2 is 2.25 bits per heavy atom. The Morgan fingerprint density at radius 3 is 2.50 bits per heavy atom. The summed E-state index contributed by atoms with van der Waals surface area (Å²) in [5.74, 6) is 0. The van der Waals surface area contributed by atoms with Gasteiger partial charge in [0.2, 0.25) is 0 Å². The van der Waals surface area contributed by atoms with Crippen molar-refractivity contribution in [3.8, 4) is 0 Å². The summed E-state index contributed by atoms with van der Waals surface area (Å²) in [5, 5.41) is 0. The lowest BCUT2D eigenvalue weighted by Crippen LogP contribution is -1.95. The number of aromatic nitrogens is 2. The molecule has 0 aliphatic rings. The van der Waals surface area contributed by atoms with Crippen LogP contribution in [0.1, 0.15) is 19.9 Å². The first-order valence-electron chi connectivity index (χ1n) is 2.78. The molecule has 0 amide bonds. The van der Waals surface area contributed by atoms with E-state index in [4.69, 9.17) is 0 Å². The molecule has 0 unspecified atom stereocenters. The Morgan fingerprint density at radius 1 is 1.50 bits per heavy atom. The number of nitrogens with zero attached hydrogens (tertiary/aromatic N) is 2. The third-order valence-electron chi connectivity index (χ3n) is 1.12. The molecule has 0 aromatic carbocycles. The van der Waals surface area contributed by atoms with Crippen LogP contribution in [0.2, 0.25) is 0 Å². The zero-order valence-electron chi connectivity index (χ0n) is 5.20. The second-order valence-corrected chi connectivity index (χ2v) is 2.10. The van der Waals surface area contributed by atoms with Gasteiger partial charge in [-0.05, 0) is 13.8 Å². The fourth-order valence-corrected chi connectivity index (χ4v) is 0.575. The van der Waals surface area contributed by atoms with E-state index in [-0.39, 0.29) is 0 Å². The van der Waals surface area contributed by atoms with E-state index in [1.165, 1.54) is 0 Å². The zero-order valence-corrected chi connectivity index (χ0v) is 5.20. The number of hydrogen-bond donors (Lipinski definition) is 0. The molecular formula is C6H10N2. The van der Waals surface area contributed by atoms with Gasteiger partial charge in [-0.2, -0.15) is 0 Å². The van der Waals surface area contributed by atoms with Crippen LogP contribution in [0, 0.1) is 0 Å². The summed E-state index contributed by atoms with van der Waals surface area (Å²) < 4.78 is 2.06. The van der Waals surface area contributed by atoms with E-state index in [0.717, 1.165) is 0 Å². The van der Waals surface area contributed by atoms with Crippen LogP contribution in [0.25, 0.3) is 0 Å². The van der Waals surface area contributed by atoms with Crippen molar-refractivity contribution in [3.05, 3.63) is 18.7 Å². The predicted molar refractivity (Wildman–Crippen MR) is 32.6 cm³/mol. The molecule has 0 saturated carbocycles. The first kappa shape index (κ1) is 5.35. The number of rotatable bonds is 1. The molecule has 0 bridgehead atoms. The molecule has 44 valence electrons. The Hall–Kier alpha value is -0.790. The SMILES string of the molecule is CC(C)[18n]1cc[18n]c1. The highest BCUT2D eigenvalue weighted by Crippen LogP contribution is 1.99. The van der Waals surface area contributed by atoms with E-state index in [2.05, 4.69) is 23.4 Å². The van der Waals surface area contributed by atoms with Gasteiger partial charge in [-0.3, -0.25) is 0 Å². The van der Waals surface area contributed by atoms with E-state index in [0.29, 0.717) is 6.04 Å². The van der Waals surface area contributed by atoms with Crippen molar-refractivity contribution in [2.75, 3.05) is 0 Å². The molecule has 0 radical (unpaired) electrons. The molecule has 1 heterocycles. The third-order valence-corrected chi connectivity index (χ3v) is 1.12. The molecule has 1 aromatic rings. The summed E-state index contributed by atoms with van der Waals surface area (Å²) in [7, 11) is 0. The standard InChI is InChI=1S/C6H10N2/c1-6(2)8-4-3-7-5-8/h3-6H,1-2H3/i7+4,8+4. The fraction of sp³-hybridized carbons (Fsp3) is 0.500. The summed E-state index contributed by atoms with van der Waals surface area (Å²) in [4.78, 5) is 3.91. The minimum absolute atomic E-state index is 0.539.